The molecule has 0 fully saturated rings. The van der Waals surface area contributed by atoms with Gasteiger partial charge in [0.25, 0.3) is 11.3 Å². The van der Waals surface area contributed by atoms with E-state index in [-0.39, 0.29) is 11.0 Å². The molecule has 3 aromatic carbocycles. The maximum absolute atomic E-state index is 12.9. The summed E-state index contributed by atoms with van der Waals surface area (Å²) in [4.78, 5) is 18.7. The number of rotatable bonds is 8. The van der Waals surface area contributed by atoms with Crippen molar-refractivity contribution in [3.8, 4) is 0 Å². The van der Waals surface area contributed by atoms with Crippen molar-refractivity contribution in [1.29, 1.82) is 0 Å². The molecule has 0 saturated heterocycles. The minimum absolute atomic E-state index is 0.0761. The van der Waals surface area contributed by atoms with Gasteiger partial charge in [-0.3, -0.25) is 9.69 Å². The summed E-state index contributed by atoms with van der Waals surface area (Å²) in [6.07, 6.45) is 0. The first-order valence-corrected chi connectivity index (χ1v) is 12.9. The van der Waals surface area contributed by atoms with E-state index in [0.717, 1.165) is 27.6 Å². The zero-order valence-electron chi connectivity index (χ0n) is 21.1. The molecule has 36 heavy (non-hydrogen) atoms. The summed E-state index contributed by atoms with van der Waals surface area (Å²) in [6, 6.07) is 23.8. The fourth-order valence-electron chi connectivity index (χ4n) is 4.30. The summed E-state index contributed by atoms with van der Waals surface area (Å²) in [7, 11) is 0. The number of H-pyrrole nitrogens is 1. The highest BCUT2D eigenvalue weighted by molar-refractivity contribution is 7.99. The predicted octanol–water partition coefficient (Wildman–Crippen LogP) is 7.65. The summed E-state index contributed by atoms with van der Waals surface area (Å²) in [5.41, 5.74) is 6.07. The van der Waals surface area contributed by atoms with Crippen molar-refractivity contribution in [3.63, 3.8) is 0 Å². The van der Waals surface area contributed by atoms with Gasteiger partial charge in [-0.05, 0) is 64.7 Å². The molecular weight excluding hydrogens is 474 g/mol. The Labute approximate surface area is 215 Å². The lowest BCUT2D eigenvalue weighted by Crippen LogP contribution is -2.26. The minimum atomic E-state index is -2.44. The van der Waals surface area contributed by atoms with Gasteiger partial charge in [0.2, 0.25) is 0 Å². The van der Waals surface area contributed by atoms with Crippen molar-refractivity contribution < 1.29 is 8.78 Å². The second-order valence-electron chi connectivity index (χ2n) is 10.3. The second kappa shape index (κ2) is 11.0. The number of nitrogens with zero attached hydrogens (tertiary/aromatic N) is 1. The smallest absolute Gasteiger partial charge is 0.288 e. The minimum Gasteiger partial charge on any atom is -0.322 e. The van der Waals surface area contributed by atoms with Gasteiger partial charge in [0.15, 0.2) is 0 Å². The first-order valence-electron chi connectivity index (χ1n) is 12.0. The number of thioether (sulfide) groups is 1. The van der Waals surface area contributed by atoms with E-state index in [0.29, 0.717) is 41.9 Å². The molecule has 6 heteroatoms. The van der Waals surface area contributed by atoms with Crippen LogP contribution in [0.5, 0.6) is 0 Å². The third-order valence-corrected chi connectivity index (χ3v) is 6.97. The lowest BCUT2D eigenvalue weighted by molar-refractivity contribution is 0.246. The van der Waals surface area contributed by atoms with Crippen LogP contribution in [-0.2, 0) is 25.0 Å². The zero-order chi connectivity index (χ0) is 25.9. The van der Waals surface area contributed by atoms with Crippen LogP contribution in [0, 0.1) is 6.92 Å². The van der Waals surface area contributed by atoms with Crippen LogP contribution in [0.1, 0.15) is 48.6 Å². The molecule has 0 aliphatic rings. The Balaban J connectivity index is 1.61. The van der Waals surface area contributed by atoms with E-state index in [4.69, 9.17) is 0 Å². The number of halogens is 2. The van der Waals surface area contributed by atoms with E-state index in [1.54, 1.807) is 12.1 Å². The van der Waals surface area contributed by atoms with Gasteiger partial charge in [0.05, 0.1) is 0 Å². The first-order chi connectivity index (χ1) is 17.1. The third-order valence-electron chi connectivity index (χ3n) is 6.25. The van der Waals surface area contributed by atoms with Crippen LogP contribution in [-0.4, -0.2) is 15.6 Å². The molecule has 4 aromatic rings. The number of hydrogen-bond donors (Lipinski definition) is 1. The van der Waals surface area contributed by atoms with Crippen molar-refractivity contribution >= 4 is 22.7 Å². The van der Waals surface area contributed by atoms with Crippen LogP contribution >= 0.6 is 11.8 Å². The van der Waals surface area contributed by atoms with Crippen LogP contribution in [0.3, 0.4) is 0 Å². The molecule has 4 rings (SSSR count). The van der Waals surface area contributed by atoms with E-state index in [2.05, 4.69) is 61.0 Å². The molecule has 0 unspecified atom stereocenters. The maximum Gasteiger partial charge on any atom is 0.288 e. The standard InChI is InChI=1S/C30H32F2N2OS/c1-20-5-14-27-23(15-20)16-24(28(35)33-27)19-34(17-21-6-10-25(11-7-21)30(2,3)4)18-22-8-12-26(13-9-22)36-29(31)32/h5-16,29H,17-19H2,1-4H3,(H,33,35). The molecule has 1 N–H and O–H groups in total. The molecule has 0 radical (unpaired) electrons. The van der Waals surface area contributed by atoms with E-state index >= 15 is 0 Å². The second-order valence-corrected chi connectivity index (χ2v) is 11.4. The Morgan fingerprint density at radius 3 is 2.06 bits per heavy atom. The van der Waals surface area contributed by atoms with E-state index in [1.807, 2.05) is 37.3 Å². The normalized spacial score (nSPS) is 12.1. The summed E-state index contributed by atoms with van der Waals surface area (Å²) in [5, 5.41) is 1.01. The SMILES string of the molecule is Cc1ccc2[nH]c(=O)c(CN(Cc3ccc(SC(F)F)cc3)Cc3ccc(C(C)(C)C)cc3)cc2c1. The average Bonchev–Trinajstić information content (AvgIpc) is 2.80. The number of nitrogens with one attached hydrogen (secondary N) is 1. The molecule has 3 nitrogen and oxygen atoms in total. The van der Waals surface area contributed by atoms with Gasteiger partial charge in [-0.2, -0.15) is 8.78 Å². The van der Waals surface area contributed by atoms with Crippen LogP contribution in [0.15, 0.2) is 82.5 Å². The summed E-state index contributed by atoms with van der Waals surface area (Å²) in [5.74, 6) is -2.44. The summed E-state index contributed by atoms with van der Waals surface area (Å²) in [6.45, 7) is 10.3. The molecule has 0 saturated carbocycles. The first kappa shape index (κ1) is 26.1. The topological polar surface area (TPSA) is 36.1 Å². The number of aromatic amines is 1. The highest BCUT2D eigenvalue weighted by atomic mass is 32.2. The molecule has 0 aliphatic heterocycles. The molecule has 0 bridgehead atoms. The number of alkyl halides is 2. The van der Waals surface area contributed by atoms with Gasteiger partial charge < -0.3 is 4.98 Å². The molecule has 0 spiro atoms. The van der Waals surface area contributed by atoms with Crippen LogP contribution in [0.2, 0.25) is 0 Å². The van der Waals surface area contributed by atoms with E-state index in [9.17, 15) is 13.6 Å². The zero-order valence-corrected chi connectivity index (χ0v) is 22.0. The number of aromatic nitrogens is 1. The van der Waals surface area contributed by atoms with Gasteiger partial charge in [-0.15, -0.1) is 0 Å². The monoisotopic (exact) mass is 506 g/mol. The Bertz CT molecular complexity index is 1370. The number of pyridine rings is 1. The van der Waals surface area contributed by atoms with Gasteiger partial charge in [0.1, 0.15) is 0 Å². The molecule has 0 aliphatic carbocycles. The number of aryl methyl sites for hydroxylation is 1. The molecule has 0 amide bonds. The van der Waals surface area contributed by atoms with Gasteiger partial charge in [-0.1, -0.05) is 80.6 Å². The Hall–Kier alpha value is -2.96. The van der Waals surface area contributed by atoms with Crippen molar-refractivity contribution in [1.82, 2.24) is 9.88 Å². The quantitative estimate of drug-likeness (QED) is 0.249. The lowest BCUT2D eigenvalue weighted by Gasteiger charge is -2.24. The van der Waals surface area contributed by atoms with E-state index < -0.39 is 5.76 Å². The van der Waals surface area contributed by atoms with Crippen LogP contribution < -0.4 is 5.56 Å². The largest absolute Gasteiger partial charge is 0.322 e. The molecule has 1 aromatic heterocycles. The summed E-state index contributed by atoms with van der Waals surface area (Å²) >= 11 is 0.546. The fraction of sp³-hybridized carbons (Fsp3) is 0.300. The number of hydrogen-bond acceptors (Lipinski definition) is 3. The van der Waals surface area contributed by atoms with Crippen molar-refractivity contribution in [2.45, 2.75) is 63.4 Å². The predicted molar refractivity (Wildman–Crippen MR) is 146 cm³/mol. The van der Waals surface area contributed by atoms with Crippen LogP contribution in [0.4, 0.5) is 8.78 Å². The molecule has 0 atom stereocenters. The molecule has 188 valence electrons. The third kappa shape index (κ3) is 6.83. The summed E-state index contributed by atoms with van der Waals surface area (Å²) < 4.78 is 25.4. The van der Waals surface area contributed by atoms with Crippen molar-refractivity contribution in [3.05, 3.63) is 111 Å². The van der Waals surface area contributed by atoms with E-state index in [1.165, 1.54) is 5.56 Å². The van der Waals surface area contributed by atoms with Gasteiger partial charge in [0, 0.05) is 35.6 Å². The van der Waals surface area contributed by atoms with Crippen LogP contribution in [0.25, 0.3) is 10.9 Å². The van der Waals surface area contributed by atoms with Crippen molar-refractivity contribution in [2.24, 2.45) is 0 Å². The fourth-order valence-corrected chi connectivity index (χ4v) is 4.80. The maximum atomic E-state index is 12.9. The highest BCUT2D eigenvalue weighted by Crippen LogP contribution is 2.26. The molecular formula is C30H32F2N2OS. The van der Waals surface area contributed by atoms with Gasteiger partial charge in [-0.25, -0.2) is 0 Å². The lowest BCUT2D eigenvalue weighted by atomic mass is 9.87. The number of benzene rings is 3. The Morgan fingerprint density at radius 1 is 0.861 bits per heavy atom. The Morgan fingerprint density at radius 2 is 1.47 bits per heavy atom. The van der Waals surface area contributed by atoms with Crippen molar-refractivity contribution in [2.75, 3.05) is 0 Å². The Kier molecular flexibility index (Phi) is 7.96. The highest BCUT2D eigenvalue weighted by Gasteiger charge is 2.15. The number of fused-ring (bicyclic) bond motifs is 1. The average molecular weight is 507 g/mol. The van der Waals surface area contributed by atoms with Gasteiger partial charge >= 0.3 is 0 Å². The molecule has 1 heterocycles.